The van der Waals surface area contributed by atoms with Gasteiger partial charge >= 0.3 is 0 Å². The van der Waals surface area contributed by atoms with Crippen LogP contribution < -0.4 is 5.32 Å². The molecule has 1 aromatic rings. The van der Waals surface area contributed by atoms with Crippen molar-refractivity contribution in [3.63, 3.8) is 0 Å². The maximum atomic E-state index is 9.03. The highest BCUT2D eigenvalue weighted by atomic mass is 16.3. The fraction of sp³-hybridized carbons (Fsp3) is 0.667. The first-order chi connectivity index (χ1) is 7.04. The molecule has 1 aromatic heterocycles. The number of furan rings is 1. The highest BCUT2D eigenvalue weighted by Gasteiger charge is 2.16. The van der Waals surface area contributed by atoms with Gasteiger partial charge in [-0.1, -0.05) is 6.92 Å². The lowest BCUT2D eigenvalue weighted by Gasteiger charge is -2.22. The zero-order valence-corrected chi connectivity index (χ0v) is 9.95. The van der Waals surface area contributed by atoms with E-state index in [1.54, 1.807) is 0 Å². The molecule has 1 rings (SSSR count). The quantitative estimate of drug-likeness (QED) is 0.785. The van der Waals surface area contributed by atoms with E-state index in [1.807, 2.05) is 26.0 Å². The van der Waals surface area contributed by atoms with E-state index in [-0.39, 0.29) is 24.6 Å². The van der Waals surface area contributed by atoms with Crippen LogP contribution in [-0.4, -0.2) is 17.8 Å². The second-order valence-corrected chi connectivity index (χ2v) is 4.29. The molecule has 0 saturated heterocycles. The first-order valence-corrected chi connectivity index (χ1v) is 5.47. The molecule has 0 aliphatic rings. The second kappa shape index (κ2) is 5.33. The van der Waals surface area contributed by atoms with Gasteiger partial charge in [-0.2, -0.15) is 0 Å². The van der Waals surface area contributed by atoms with Crippen LogP contribution in [0.3, 0.4) is 0 Å². The van der Waals surface area contributed by atoms with Crippen molar-refractivity contribution in [2.45, 2.75) is 39.8 Å². The molecule has 0 aromatic carbocycles. The van der Waals surface area contributed by atoms with E-state index in [0.29, 0.717) is 0 Å². The van der Waals surface area contributed by atoms with Gasteiger partial charge in [0.1, 0.15) is 11.5 Å². The molecule has 3 nitrogen and oxygen atoms in total. The van der Waals surface area contributed by atoms with E-state index in [9.17, 15) is 0 Å². The first-order valence-electron chi connectivity index (χ1n) is 5.47. The van der Waals surface area contributed by atoms with Crippen LogP contribution in [0.25, 0.3) is 0 Å². The molecule has 15 heavy (non-hydrogen) atoms. The van der Waals surface area contributed by atoms with Crippen molar-refractivity contribution in [1.29, 1.82) is 0 Å². The summed E-state index contributed by atoms with van der Waals surface area (Å²) < 4.78 is 5.53. The summed E-state index contributed by atoms with van der Waals surface area (Å²) >= 11 is 0. The van der Waals surface area contributed by atoms with Gasteiger partial charge in [-0.3, -0.25) is 0 Å². The summed E-state index contributed by atoms with van der Waals surface area (Å²) in [5, 5.41) is 12.4. The predicted octanol–water partition coefficient (Wildman–Crippen LogP) is 2.26. The highest BCUT2D eigenvalue weighted by Crippen LogP contribution is 2.17. The van der Waals surface area contributed by atoms with Crippen molar-refractivity contribution in [2.75, 3.05) is 6.61 Å². The molecule has 0 saturated carbocycles. The largest absolute Gasteiger partial charge is 0.465 e. The van der Waals surface area contributed by atoms with Crippen molar-refractivity contribution in [3.05, 3.63) is 23.7 Å². The standard InChI is InChI=1S/C12H21NO2/c1-8(7-14)10(3)13-11(4)12-6-5-9(2)15-12/h5-6,8,10-11,13-14H,7H2,1-4H3. The van der Waals surface area contributed by atoms with Crippen LogP contribution in [0.2, 0.25) is 0 Å². The van der Waals surface area contributed by atoms with Crippen LogP contribution in [0.5, 0.6) is 0 Å². The highest BCUT2D eigenvalue weighted by molar-refractivity contribution is 5.09. The molecule has 86 valence electrons. The Kier molecular flexibility index (Phi) is 4.36. The monoisotopic (exact) mass is 211 g/mol. The average Bonchev–Trinajstić information content (AvgIpc) is 2.63. The Bertz CT molecular complexity index is 296. The minimum Gasteiger partial charge on any atom is -0.465 e. The lowest BCUT2D eigenvalue weighted by molar-refractivity contribution is 0.199. The fourth-order valence-corrected chi connectivity index (χ4v) is 1.48. The topological polar surface area (TPSA) is 45.4 Å². The summed E-state index contributed by atoms with van der Waals surface area (Å²) in [5.41, 5.74) is 0. The predicted molar refractivity (Wildman–Crippen MR) is 60.7 cm³/mol. The lowest BCUT2D eigenvalue weighted by Crippen LogP contribution is -2.35. The third kappa shape index (κ3) is 3.36. The van der Waals surface area contributed by atoms with Crippen LogP contribution >= 0.6 is 0 Å². The molecule has 3 unspecified atom stereocenters. The van der Waals surface area contributed by atoms with E-state index in [1.165, 1.54) is 0 Å². The fourth-order valence-electron chi connectivity index (χ4n) is 1.48. The Labute approximate surface area is 91.5 Å². The molecule has 0 amide bonds. The second-order valence-electron chi connectivity index (χ2n) is 4.29. The van der Waals surface area contributed by atoms with E-state index in [4.69, 9.17) is 9.52 Å². The molecular weight excluding hydrogens is 190 g/mol. The van der Waals surface area contributed by atoms with Gasteiger partial charge in [-0.25, -0.2) is 0 Å². The molecule has 3 heteroatoms. The SMILES string of the molecule is Cc1ccc(C(C)NC(C)C(C)CO)o1. The summed E-state index contributed by atoms with van der Waals surface area (Å²) in [6.45, 7) is 8.32. The molecule has 0 aliphatic heterocycles. The molecule has 0 bridgehead atoms. The summed E-state index contributed by atoms with van der Waals surface area (Å²) in [6.07, 6.45) is 0. The molecule has 0 radical (unpaired) electrons. The van der Waals surface area contributed by atoms with E-state index in [2.05, 4.69) is 19.2 Å². The van der Waals surface area contributed by atoms with Gasteiger partial charge in [-0.15, -0.1) is 0 Å². The number of aliphatic hydroxyl groups is 1. The number of aliphatic hydroxyl groups excluding tert-OH is 1. The molecule has 3 atom stereocenters. The van der Waals surface area contributed by atoms with Crippen molar-refractivity contribution in [3.8, 4) is 0 Å². The van der Waals surface area contributed by atoms with E-state index in [0.717, 1.165) is 11.5 Å². The van der Waals surface area contributed by atoms with Gasteiger partial charge in [0.2, 0.25) is 0 Å². The zero-order chi connectivity index (χ0) is 11.4. The Morgan fingerprint density at radius 1 is 1.33 bits per heavy atom. The summed E-state index contributed by atoms with van der Waals surface area (Å²) in [4.78, 5) is 0. The maximum Gasteiger partial charge on any atom is 0.120 e. The average molecular weight is 211 g/mol. The zero-order valence-electron chi connectivity index (χ0n) is 9.95. The number of hydrogen-bond acceptors (Lipinski definition) is 3. The smallest absolute Gasteiger partial charge is 0.120 e. The minimum absolute atomic E-state index is 0.183. The summed E-state index contributed by atoms with van der Waals surface area (Å²) in [7, 11) is 0. The van der Waals surface area contributed by atoms with Crippen LogP contribution in [0.4, 0.5) is 0 Å². The lowest BCUT2D eigenvalue weighted by atomic mass is 10.0. The van der Waals surface area contributed by atoms with Crippen molar-refractivity contribution >= 4 is 0 Å². The normalized spacial score (nSPS) is 17.4. The van der Waals surface area contributed by atoms with Crippen molar-refractivity contribution < 1.29 is 9.52 Å². The van der Waals surface area contributed by atoms with Crippen molar-refractivity contribution in [1.82, 2.24) is 5.32 Å². The summed E-state index contributed by atoms with van der Waals surface area (Å²) in [5.74, 6) is 2.13. The van der Waals surface area contributed by atoms with Gasteiger partial charge < -0.3 is 14.8 Å². The molecule has 0 spiro atoms. The molecule has 1 heterocycles. The molecule has 0 aliphatic carbocycles. The number of hydrogen-bond donors (Lipinski definition) is 2. The molecule has 0 fully saturated rings. The minimum atomic E-state index is 0.183. The molecule has 2 N–H and O–H groups in total. The van der Waals surface area contributed by atoms with Crippen LogP contribution in [0.1, 0.15) is 38.3 Å². The Morgan fingerprint density at radius 3 is 2.47 bits per heavy atom. The maximum absolute atomic E-state index is 9.03. The van der Waals surface area contributed by atoms with E-state index < -0.39 is 0 Å². The number of aryl methyl sites for hydroxylation is 1. The Hall–Kier alpha value is -0.800. The van der Waals surface area contributed by atoms with Crippen LogP contribution in [0, 0.1) is 12.8 Å². The number of nitrogens with one attached hydrogen (secondary N) is 1. The van der Waals surface area contributed by atoms with Crippen LogP contribution in [0.15, 0.2) is 16.5 Å². The van der Waals surface area contributed by atoms with Gasteiger partial charge in [0.05, 0.1) is 6.04 Å². The Balaban J connectivity index is 2.52. The Morgan fingerprint density at radius 2 is 2.00 bits per heavy atom. The van der Waals surface area contributed by atoms with Gasteiger partial charge in [0, 0.05) is 12.6 Å². The number of rotatable bonds is 5. The van der Waals surface area contributed by atoms with Gasteiger partial charge in [-0.05, 0) is 38.8 Å². The first kappa shape index (κ1) is 12.3. The van der Waals surface area contributed by atoms with Gasteiger partial charge in [0.25, 0.3) is 0 Å². The third-order valence-electron chi connectivity index (χ3n) is 2.84. The van der Waals surface area contributed by atoms with Crippen LogP contribution in [-0.2, 0) is 0 Å². The van der Waals surface area contributed by atoms with Gasteiger partial charge in [0.15, 0.2) is 0 Å². The van der Waals surface area contributed by atoms with E-state index >= 15 is 0 Å². The summed E-state index contributed by atoms with van der Waals surface area (Å²) in [6, 6.07) is 4.41. The van der Waals surface area contributed by atoms with Crippen molar-refractivity contribution in [2.24, 2.45) is 5.92 Å². The molecular formula is C12H21NO2. The third-order valence-corrected chi connectivity index (χ3v) is 2.84.